The Morgan fingerprint density at radius 2 is 2.03 bits per heavy atom. The molecule has 0 radical (unpaired) electrons. The Morgan fingerprint density at radius 3 is 2.65 bits per heavy atom. The molecule has 1 saturated heterocycles. The highest BCUT2D eigenvalue weighted by molar-refractivity contribution is 7.92. The van der Waals surface area contributed by atoms with Gasteiger partial charge in [-0.25, -0.2) is 12.8 Å². The van der Waals surface area contributed by atoms with E-state index in [1.165, 1.54) is 13.1 Å². The number of carbonyl (C=O) groups is 1. The number of ketones is 1. The lowest BCUT2D eigenvalue weighted by Crippen LogP contribution is -2.47. The molecule has 1 fully saturated rings. The van der Waals surface area contributed by atoms with E-state index in [0.29, 0.717) is 33.6 Å². The van der Waals surface area contributed by atoms with E-state index in [0.717, 1.165) is 0 Å². The fourth-order valence-corrected chi connectivity index (χ4v) is 6.65. The molecule has 1 atom stereocenters. The molecule has 8 nitrogen and oxygen atoms in total. The van der Waals surface area contributed by atoms with Crippen LogP contribution in [0.3, 0.4) is 0 Å². The zero-order chi connectivity index (χ0) is 24.9. The Labute approximate surface area is 197 Å². The molecule has 0 saturated carbocycles. The molecule has 0 amide bonds. The van der Waals surface area contributed by atoms with Crippen LogP contribution in [0.5, 0.6) is 5.75 Å². The van der Waals surface area contributed by atoms with Gasteiger partial charge in [-0.15, -0.1) is 0 Å². The summed E-state index contributed by atoms with van der Waals surface area (Å²) >= 11 is 0. The standard InChI is InChI=1S/C24H28FN3O5S/c1-15(25)33-18-7-5-6-16(8-18)21-22-19(28(27-21)12-23(2,3)30)9-17(11-26-22)20(29)10-24(4)13-34(31,32)14-24/h5-9,11,15,30H,10,12-14H2,1-4H3. The highest BCUT2D eigenvalue weighted by Gasteiger charge is 2.45. The van der Waals surface area contributed by atoms with E-state index in [1.807, 2.05) is 0 Å². The second kappa shape index (κ2) is 8.42. The summed E-state index contributed by atoms with van der Waals surface area (Å²) in [6, 6.07) is 8.49. The first-order valence-corrected chi connectivity index (χ1v) is 12.8. The molecule has 1 unspecified atom stereocenters. The number of nitrogens with zero attached hydrogens (tertiary/aromatic N) is 3. The summed E-state index contributed by atoms with van der Waals surface area (Å²) in [7, 11) is -3.06. The fraction of sp³-hybridized carbons (Fsp3) is 0.458. The number of carbonyl (C=O) groups excluding carboxylic acids is 1. The van der Waals surface area contributed by atoms with Crippen LogP contribution < -0.4 is 4.74 Å². The number of alkyl halides is 1. The molecule has 4 rings (SSSR count). The number of hydrogen-bond acceptors (Lipinski definition) is 7. The van der Waals surface area contributed by atoms with Crippen molar-refractivity contribution < 1.29 is 27.4 Å². The fourth-order valence-electron chi connectivity index (χ4n) is 4.40. The molecule has 2 aromatic heterocycles. The molecule has 0 bridgehead atoms. The van der Waals surface area contributed by atoms with E-state index in [4.69, 9.17) is 4.74 Å². The number of benzene rings is 1. The van der Waals surface area contributed by atoms with Gasteiger partial charge in [0.25, 0.3) is 0 Å². The highest BCUT2D eigenvalue weighted by atomic mass is 32.2. The largest absolute Gasteiger partial charge is 0.461 e. The van der Waals surface area contributed by atoms with Gasteiger partial charge in [0, 0.05) is 36.1 Å². The summed E-state index contributed by atoms with van der Waals surface area (Å²) in [5, 5.41) is 15.0. The van der Waals surface area contributed by atoms with Crippen LogP contribution in [0.2, 0.25) is 0 Å². The van der Waals surface area contributed by atoms with Gasteiger partial charge in [-0.05, 0) is 32.0 Å². The SMILES string of the molecule is CC(F)Oc1cccc(-c2nn(CC(C)(C)O)c3cc(C(=O)CC4(C)CS(=O)(=O)C4)cnc23)c1. The van der Waals surface area contributed by atoms with Crippen LogP contribution in [0.1, 0.15) is 44.5 Å². The number of sulfone groups is 1. The smallest absolute Gasteiger partial charge is 0.235 e. The van der Waals surface area contributed by atoms with Gasteiger partial charge in [0.1, 0.15) is 17.0 Å². The number of ether oxygens (including phenoxy) is 1. The zero-order valence-electron chi connectivity index (χ0n) is 19.6. The molecule has 1 aliphatic rings. The third kappa shape index (κ3) is 5.28. The van der Waals surface area contributed by atoms with Gasteiger partial charge in [-0.3, -0.25) is 14.5 Å². The molecule has 1 aliphatic heterocycles. The number of aliphatic hydroxyl groups is 1. The van der Waals surface area contributed by atoms with Gasteiger partial charge in [0.2, 0.25) is 6.36 Å². The quantitative estimate of drug-likeness (QED) is 0.482. The maximum absolute atomic E-state index is 13.3. The van der Waals surface area contributed by atoms with Crippen LogP contribution in [0.15, 0.2) is 36.5 Å². The lowest BCUT2D eigenvalue weighted by molar-refractivity contribution is 0.0592. The van der Waals surface area contributed by atoms with Crippen molar-refractivity contribution in [1.82, 2.24) is 14.8 Å². The Morgan fingerprint density at radius 1 is 1.32 bits per heavy atom. The summed E-state index contributed by atoms with van der Waals surface area (Å²) in [6.45, 7) is 6.53. The molecule has 3 aromatic rings. The first kappa shape index (κ1) is 24.3. The first-order chi connectivity index (χ1) is 15.7. The van der Waals surface area contributed by atoms with E-state index in [1.54, 1.807) is 55.8 Å². The zero-order valence-corrected chi connectivity index (χ0v) is 20.4. The van der Waals surface area contributed by atoms with Crippen molar-refractivity contribution in [3.8, 4) is 17.0 Å². The van der Waals surface area contributed by atoms with E-state index in [2.05, 4.69) is 10.1 Å². The molecule has 3 heterocycles. The number of rotatable bonds is 8. The van der Waals surface area contributed by atoms with Crippen molar-refractivity contribution in [2.24, 2.45) is 5.41 Å². The number of Topliss-reactive ketones (excluding diaryl/α,β-unsaturated/α-hetero) is 1. The summed E-state index contributed by atoms with van der Waals surface area (Å²) in [4.78, 5) is 17.5. The van der Waals surface area contributed by atoms with Gasteiger partial charge < -0.3 is 9.84 Å². The molecule has 10 heteroatoms. The second-order valence-electron chi connectivity index (χ2n) is 10.0. The molecular formula is C24H28FN3O5S. The third-order valence-electron chi connectivity index (χ3n) is 5.58. The van der Waals surface area contributed by atoms with Crippen molar-refractivity contribution in [1.29, 1.82) is 0 Å². The van der Waals surface area contributed by atoms with Crippen molar-refractivity contribution in [2.75, 3.05) is 11.5 Å². The third-order valence-corrected chi connectivity index (χ3v) is 7.85. The minimum Gasteiger partial charge on any atom is -0.461 e. The maximum atomic E-state index is 13.3. The molecule has 182 valence electrons. The van der Waals surface area contributed by atoms with E-state index < -0.39 is 27.2 Å². The predicted octanol–water partition coefficient (Wildman–Crippen LogP) is 3.57. The van der Waals surface area contributed by atoms with Gasteiger partial charge in [0.05, 0.1) is 29.2 Å². The van der Waals surface area contributed by atoms with Crippen molar-refractivity contribution in [3.05, 3.63) is 42.1 Å². The second-order valence-corrected chi connectivity index (χ2v) is 12.1. The van der Waals surface area contributed by atoms with Gasteiger partial charge in [-0.1, -0.05) is 19.1 Å². The van der Waals surface area contributed by atoms with Crippen molar-refractivity contribution in [2.45, 2.75) is 52.6 Å². The Hall–Kier alpha value is -2.85. The van der Waals surface area contributed by atoms with E-state index in [9.17, 15) is 22.7 Å². The Balaban J connectivity index is 1.74. The number of halogens is 1. The van der Waals surface area contributed by atoms with Crippen LogP contribution in [-0.4, -0.2) is 57.5 Å². The van der Waals surface area contributed by atoms with E-state index in [-0.39, 0.29) is 30.3 Å². The topological polar surface area (TPSA) is 111 Å². The van der Waals surface area contributed by atoms with Crippen LogP contribution in [0.25, 0.3) is 22.3 Å². The number of pyridine rings is 1. The predicted molar refractivity (Wildman–Crippen MR) is 126 cm³/mol. The monoisotopic (exact) mass is 489 g/mol. The Kier molecular flexibility index (Phi) is 6.02. The van der Waals surface area contributed by atoms with Crippen LogP contribution in [0.4, 0.5) is 4.39 Å². The average molecular weight is 490 g/mol. The lowest BCUT2D eigenvalue weighted by atomic mass is 9.86. The first-order valence-electron chi connectivity index (χ1n) is 11.0. The normalized spacial score (nSPS) is 17.8. The molecule has 0 aliphatic carbocycles. The summed E-state index contributed by atoms with van der Waals surface area (Å²) in [5.74, 6) is 0.140. The number of fused-ring (bicyclic) bond motifs is 1. The molecular weight excluding hydrogens is 461 g/mol. The molecule has 1 aromatic carbocycles. The summed E-state index contributed by atoms with van der Waals surface area (Å²) in [6.07, 6.45) is 0.0938. The Bertz CT molecular complexity index is 1350. The van der Waals surface area contributed by atoms with Gasteiger partial charge in [0.15, 0.2) is 15.6 Å². The van der Waals surface area contributed by atoms with Crippen molar-refractivity contribution >= 4 is 26.7 Å². The highest BCUT2D eigenvalue weighted by Crippen LogP contribution is 2.37. The lowest BCUT2D eigenvalue weighted by Gasteiger charge is -2.37. The van der Waals surface area contributed by atoms with Crippen LogP contribution in [-0.2, 0) is 16.4 Å². The number of hydrogen-bond donors (Lipinski definition) is 1. The average Bonchev–Trinajstić information content (AvgIpc) is 3.02. The van der Waals surface area contributed by atoms with E-state index >= 15 is 0 Å². The maximum Gasteiger partial charge on any atom is 0.235 e. The van der Waals surface area contributed by atoms with Crippen LogP contribution >= 0.6 is 0 Å². The minimum absolute atomic E-state index is 0.00188. The van der Waals surface area contributed by atoms with Gasteiger partial charge >= 0.3 is 0 Å². The summed E-state index contributed by atoms with van der Waals surface area (Å²) < 4.78 is 43.3. The van der Waals surface area contributed by atoms with Gasteiger partial charge in [-0.2, -0.15) is 5.10 Å². The van der Waals surface area contributed by atoms with Crippen LogP contribution in [0, 0.1) is 5.41 Å². The molecule has 34 heavy (non-hydrogen) atoms. The molecule has 0 spiro atoms. The number of aromatic nitrogens is 3. The summed E-state index contributed by atoms with van der Waals surface area (Å²) in [5.41, 5.74) is 0.924. The minimum atomic E-state index is -3.06. The van der Waals surface area contributed by atoms with Crippen molar-refractivity contribution in [3.63, 3.8) is 0 Å². The molecule has 1 N–H and O–H groups in total.